The SMILES string of the molecule is CNC(=O)N(CC#N)N1CC(=O)N2[C@@H](Cc3ccc4oc(=O)[nH]c4c3)C(=O)N(Cc3cccc4sc(N)nc34)C[C@@H]21. The number of hydrogen-bond donors (Lipinski definition) is 3. The molecule has 0 saturated carbocycles. The second-order valence-corrected chi connectivity index (χ2v) is 10.8. The first-order valence-corrected chi connectivity index (χ1v) is 13.6. The molecule has 2 aliphatic heterocycles. The fourth-order valence-electron chi connectivity index (χ4n) is 5.57. The van der Waals surface area contributed by atoms with Crippen LogP contribution in [0.5, 0.6) is 0 Å². The molecule has 0 spiro atoms. The van der Waals surface area contributed by atoms with Crippen molar-refractivity contribution in [2.45, 2.75) is 25.2 Å². The molecule has 2 aromatic heterocycles. The minimum atomic E-state index is -0.907. The summed E-state index contributed by atoms with van der Waals surface area (Å²) in [5, 5.41) is 15.1. The zero-order chi connectivity index (χ0) is 28.8. The van der Waals surface area contributed by atoms with Gasteiger partial charge in [-0.3, -0.25) is 14.6 Å². The standard InChI is InChI=1S/C26H25N9O5S/c1-29-25(38)33(8-7-27)34-13-21(36)35-17(10-14-5-6-18-16(9-14)30-26(39)40-18)23(37)32(12-20(34)35)11-15-3-2-4-19-22(15)31-24(28)41-19/h2-6,9,17,20H,8,10-13H2,1H3,(H2,28,31)(H,29,38)(H,30,39)/t17-,20+/m0/s1. The first-order valence-electron chi connectivity index (χ1n) is 12.8. The number of anilines is 1. The summed E-state index contributed by atoms with van der Waals surface area (Å²) in [6.07, 6.45) is -0.547. The van der Waals surface area contributed by atoms with Crippen molar-refractivity contribution in [3.8, 4) is 6.07 Å². The van der Waals surface area contributed by atoms with E-state index in [0.717, 1.165) is 10.3 Å². The number of aromatic amines is 1. The number of urea groups is 1. The van der Waals surface area contributed by atoms with Crippen LogP contribution in [-0.4, -0.2) is 86.5 Å². The van der Waals surface area contributed by atoms with E-state index >= 15 is 0 Å². The van der Waals surface area contributed by atoms with Crippen molar-refractivity contribution in [2.24, 2.45) is 0 Å². The number of H-pyrrole nitrogens is 1. The summed E-state index contributed by atoms with van der Waals surface area (Å²) in [7, 11) is 1.44. The highest BCUT2D eigenvalue weighted by molar-refractivity contribution is 7.22. The molecule has 2 aromatic carbocycles. The number of amides is 4. The molecule has 15 heteroatoms. The molecular formula is C26H25N9O5S. The Kier molecular flexibility index (Phi) is 6.56. The minimum absolute atomic E-state index is 0.101. The second kappa shape index (κ2) is 10.2. The summed E-state index contributed by atoms with van der Waals surface area (Å²) >= 11 is 1.35. The average molecular weight is 576 g/mol. The quantitative estimate of drug-likeness (QED) is 0.280. The number of fused-ring (bicyclic) bond motifs is 3. The molecule has 14 nitrogen and oxygen atoms in total. The molecule has 6 rings (SSSR count). The van der Waals surface area contributed by atoms with Crippen molar-refractivity contribution < 1.29 is 18.8 Å². The Morgan fingerprint density at radius 1 is 1.32 bits per heavy atom. The van der Waals surface area contributed by atoms with E-state index in [1.165, 1.54) is 33.3 Å². The largest absolute Gasteiger partial charge is 0.417 e. The van der Waals surface area contributed by atoms with Crippen molar-refractivity contribution in [3.63, 3.8) is 0 Å². The van der Waals surface area contributed by atoms with E-state index in [2.05, 4.69) is 15.3 Å². The molecule has 0 bridgehead atoms. The van der Waals surface area contributed by atoms with E-state index in [0.29, 0.717) is 27.3 Å². The maximum Gasteiger partial charge on any atom is 0.417 e. The number of carbonyl (C=O) groups excluding carboxylic acids is 3. The maximum absolute atomic E-state index is 14.1. The van der Waals surface area contributed by atoms with Gasteiger partial charge >= 0.3 is 11.8 Å². The molecule has 41 heavy (non-hydrogen) atoms. The van der Waals surface area contributed by atoms with Crippen LogP contribution < -0.4 is 16.8 Å². The number of rotatable bonds is 6. The van der Waals surface area contributed by atoms with Crippen molar-refractivity contribution >= 4 is 55.6 Å². The van der Waals surface area contributed by atoms with Gasteiger partial charge in [0.15, 0.2) is 10.7 Å². The zero-order valence-electron chi connectivity index (χ0n) is 21.9. The van der Waals surface area contributed by atoms with E-state index < -0.39 is 24.0 Å². The monoisotopic (exact) mass is 575 g/mol. The summed E-state index contributed by atoms with van der Waals surface area (Å²) in [4.78, 5) is 62.1. The van der Waals surface area contributed by atoms with E-state index in [1.807, 2.05) is 24.3 Å². The predicted octanol–water partition coefficient (Wildman–Crippen LogP) is 0.817. The Morgan fingerprint density at radius 3 is 2.93 bits per heavy atom. The fourth-order valence-corrected chi connectivity index (χ4v) is 6.35. The highest BCUT2D eigenvalue weighted by Gasteiger charge is 2.52. The Morgan fingerprint density at radius 2 is 2.15 bits per heavy atom. The van der Waals surface area contributed by atoms with Crippen LogP contribution in [-0.2, 0) is 22.6 Å². The summed E-state index contributed by atoms with van der Waals surface area (Å²) in [5.41, 5.74) is 9.01. The van der Waals surface area contributed by atoms with Crippen LogP contribution >= 0.6 is 11.3 Å². The Balaban J connectivity index is 1.39. The van der Waals surface area contributed by atoms with Gasteiger partial charge in [0.1, 0.15) is 18.8 Å². The third kappa shape index (κ3) is 4.62. The molecule has 2 saturated heterocycles. The van der Waals surface area contributed by atoms with Crippen LogP contribution in [0.2, 0.25) is 0 Å². The first-order chi connectivity index (χ1) is 19.8. The van der Waals surface area contributed by atoms with E-state index in [4.69, 9.17) is 10.2 Å². The van der Waals surface area contributed by atoms with Crippen LogP contribution in [0.25, 0.3) is 21.3 Å². The number of carbonyl (C=O) groups is 3. The summed E-state index contributed by atoms with van der Waals surface area (Å²) in [6.45, 7) is -0.153. The number of para-hydroxylation sites is 1. The molecule has 4 N–H and O–H groups in total. The summed E-state index contributed by atoms with van der Waals surface area (Å²) < 4.78 is 5.99. The number of oxazole rings is 1. The minimum Gasteiger partial charge on any atom is -0.408 e. The normalized spacial score (nSPS) is 19.1. The third-order valence-corrected chi connectivity index (χ3v) is 8.19. The summed E-state index contributed by atoms with van der Waals surface area (Å²) in [6, 6.07) is 11.3. The maximum atomic E-state index is 14.1. The molecule has 210 valence electrons. The van der Waals surface area contributed by atoms with Crippen molar-refractivity contribution in [3.05, 3.63) is 58.1 Å². The number of nitrogens with one attached hydrogen (secondary N) is 2. The lowest BCUT2D eigenvalue weighted by molar-refractivity contribution is -0.157. The van der Waals surface area contributed by atoms with Gasteiger partial charge in [0.05, 0.1) is 34.9 Å². The van der Waals surface area contributed by atoms with Crippen LogP contribution in [0.15, 0.2) is 45.6 Å². The molecular weight excluding hydrogens is 550 g/mol. The van der Waals surface area contributed by atoms with Crippen molar-refractivity contribution in [1.29, 1.82) is 5.26 Å². The van der Waals surface area contributed by atoms with Gasteiger partial charge in [-0.25, -0.2) is 19.6 Å². The second-order valence-electron chi connectivity index (χ2n) is 9.75. The first kappa shape index (κ1) is 26.3. The summed E-state index contributed by atoms with van der Waals surface area (Å²) in [5.74, 6) is -1.21. The number of piperazine rings is 1. The smallest absolute Gasteiger partial charge is 0.408 e. The van der Waals surface area contributed by atoms with Crippen molar-refractivity contribution in [2.75, 3.05) is 32.4 Å². The lowest BCUT2D eigenvalue weighted by atomic mass is 9.99. The highest BCUT2D eigenvalue weighted by Crippen LogP contribution is 2.32. The molecule has 2 fully saturated rings. The molecule has 2 aliphatic rings. The van der Waals surface area contributed by atoms with Gasteiger partial charge in [-0.15, -0.1) is 0 Å². The van der Waals surface area contributed by atoms with Gasteiger partial charge in [-0.2, -0.15) is 10.3 Å². The van der Waals surface area contributed by atoms with Crippen LogP contribution in [0.4, 0.5) is 9.93 Å². The van der Waals surface area contributed by atoms with E-state index in [1.54, 1.807) is 23.1 Å². The number of nitrogens with zero attached hydrogens (tertiary/aromatic N) is 6. The molecule has 0 radical (unpaired) electrons. The predicted molar refractivity (Wildman–Crippen MR) is 148 cm³/mol. The fraction of sp³-hybridized carbons (Fsp3) is 0.308. The number of hydrazine groups is 1. The van der Waals surface area contributed by atoms with E-state index in [-0.39, 0.29) is 44.4 Å². The van der Waals surface area contributed by atoms with Gasteiger partial charge in [0, 0.05) is 20.0 Å². The number of nitriles is 1. The lowest BCUT2D eigenvalue weighted by Gasteiger charge is -2.46. The molecule has 0 aliphatic carbocycles. The van der Waals surface area contributed by atoms with Gasteiger partial charge in [-0.05, 0) is 29.3 Å². The molecule has 2 atom stereocenters. The number of thiazole rings is 1. The molecule has 0 unspecified atom stereocenters. The molecule has 4 heterocycles. The van der Waals surface area contributed by atoms with E-state index in [9.17, 15) is 24.4 Å². The Labute approximate surface area is 236 Å². The molecule has 4 aromatic rings. The van der Waals surface area contributed by atoms with Crippen LogP contribution in [0, 0.1) is 11.3 Å². The average Bonchev–Trinajstić information content (AvgIpc) is 3.62. The molecule has 4 amide bonds. The van der Waals surface area contributed by atoms with Crippen LogP contribution in [0.1, 0.15) is 11.1 Å². The third-order valence-electron chi connectivity index (χ3n) is 7.34. The highest BCUT2D eigenvalue weighted by atomic mass is 32.1. The number of nitrogen functional groups attached to an aromatic ring is 1. The number of nitrogens with two attached hydrogens (primary N) is 1. The van der Waals surface area contributed by atoms with Gasteiger partial charge in [0.2, 0.25) is 11.8 Å². The van der Waals surface area contributed by atoms with Crippen LogP contribution in [0.3, 0.4) is 0 Å². The Hall–Kier alpha value is -4.94. The zero-order valence-corrected chi connectivity index (χ0v) is 22.7. The van der Waals surface area contributed by atoms with Gasteiger partial charge < -0.3 is 25.3 Å². The lowest BCUT2D eigenvalue weighted by Crippen LogP contribution is -2.66. The number of benzene rings is 2. The number of hydrogen-bond acceptors (Lipinski definition) is 10. The van der Waals surface area contributed by atoms with Gasteiger partial charge in [0.25, 0.3) is 0 Å². The number of aromatic nitrogens is 2. The topological polar surface area (TPSA) is 185 Å². The van der Waals surface area contributed by atoms with Crippen molar-refractivity contribution in [1.82, 2.24) is 35.1 Å². The Bertz CT molecular complexity index is 1790. The van der Waals surface area contributed by atoms with Gasteiger partial charge in [-0.1, -0.05) is 29.5 Å².